The number of ether oxygens (including phenoxy) is 1. The van der Waals surface area contributed by atoms with Gasteiger partial charge in [0.25, 0.3) is 5.71 Å². The number of piperidine rings is 1. The number of hydrogen-bond donors (Lipinski definition) is 0. The van der Waals surface area contributed by atoms with Gasteiger partial charge in [0.05, 0.1) is 12.2 Å². The highest BCUT2D eigenvalue weighted by molar-refractivity contribution is 7.86. The molecule has 0 amide bonds. The predicted molar refractivity (Wildman–Crippen MR) is 119 cm³/mol. The molecule has 3 rings (SSSR count). The van der Waals surface area contributed by atoms with Crippen LogP contribution in [-0.2, 0) is 19.6 Å². The van der Waals surface area contributed by atoms with E-state index in [9.17, 15) is 18.0 Å². The summed E-state index contributed by atoms with van der Waals surface area (Å²) >= 11 is 0. The van der Waals surface area contributed by atoms with E-state index >= 15 is 0 Å². The summed E-state index contributed by atoms with van der Waals surface area (Å²) in [7, 11) is -6.09. The maximum atomic E-state index is 12.2. The molecular formula is C24H24F3NO5S. The fraction of sp³-hybridized carbons (Fsp3) is 0.333. The van der Waals surface area contributed by atoms with Gasteiger partial charge >= 0.3 is 11.5 Å². The van der Waals surface area contributed by atoms with Crippen molar-refractivity contribution in [1.29, 1.82) is 0 Å². The Balaban J connectivity index is 0.000000440. The van der Waals surface area contributed by atoms with Crippen LogP contribution < -0.4 is 0 Å². The summed E-state index contributed by atoms with van der Waals surface area (Å²) in [6.45, 7) is 3.85. The molecule has 1 aliphatic rings. The molecule has 0 aromatic heterocycles. The average molecular weight is 496 g/mol. The summed E-state index contributed by atoms with van der Waals surface area (Å²) in [5.74, 6) is 6.44. The number of hydrogen-bond acceptors (Lipinski definition) is 5. The second-order valence-electron chi connectivity index (χ2n) is 7.27. The molecule has 34 heavy (non-hydrogen) atoms. The number of esters is 1. The van der Waals surface area contributed by atoms with Crippen LogP contribution in [0.15, 0.2) is 60.7 Å². The lowest BCUT2D eigenvalue weighted by Gasteiger charge is -2.20. The van der Waals surface area contributed by atoms with Crippen molar-refractivity contribution in [3.8, 4) is 11.8 Å². The third-order valence-corrected chi connectivity index (χ3v) is 5.35. The molecule has 0 N–H and O–H groups in total. The van der Waals surface area contributed by atoms with Gasteiger partial charge in [-0.25, -0.2) is 13.0 Å². The van der Waals surface area contributed by atoms with Gasteiger partial charge in [-0.3, -0.25) is 4.79 Å². The Kier molecular flexibility index (Phi) is 9.83. The van der Waals surface area contributed by atoms with E-state index in [4.69, 9.17) is 17.7 Å². The van der Waals surface area contributed by atoms with Gasteiger partial charge in [0.1, 0.15) is 12.5 Å². The quantitative estimate of drug-likeness (QED) is 0.214. The van der Waals surface area contributed by atoms with Gasteiger partial charge < -0.3 is 9.29 Å². The van der Waals surface area contributed by atoms with E-state index in [0.717, 1.165) is 36.2 Å². The van der Waals surface area contributed by atoms with E-state index in [1.807, 2.05) is 55.5 Å². The minimum Gasteiger partial charge on any atom is -0.741 e. The zero-order valence-corrected chi connectivity index (χ0v) is 19.2. The van der Waals surface area contributed by atoms with Crippen LogP contribution in [0.4, 0.5) is 13.2 Å². The summed E-state index contributed by atoms with van der Waals surface area (Å²) < 4.78 is 66.4. The molecule has 1 unspecified atom stereocenters. The summed E-state index contributed by atoms with van der Waals surface area (Å²) in [5.41, 5.74) is -2.60. The van der Waals surface area contributed by atoms with Crippen LogP contribution >= 0.6 is 0 Å². The SMILES string of the molecule is CCOC(=O)C1CCC[N+](=C(C#Cc2ccccc2)c2ccccc2)C1.O=S(=O)([O-])C(F)(F)F. The number of rotatable bonds is 3. The fourth-order valence-electron chi connectivity index (χ4n) is 3.22. The highest BCUT2D eigenvalue weighted by Gasteiger charge is 2.37. The van der Waals surface area contributed by atoms with Gasteiger partial charge in [0.2, 0.25) is 0 Å². The van der Waals surface area contributed by atoms with Crippen molar-refractivity contribution in [3.63, 3.8) is 0 Å². The van der Waals surface area contributed by atoms with Gasteiger partial charge in [0.15, 0.2) is 16.7 Å². The normalized spacial score (nSPS) is 17.4. The van der Waals surface area contributed by atoms with Crippen molar-refractivity contribution >= 4 is 21.8 Å². The van der Waals surface area contributed by atoms with Crippen molar-refractivity contribution in [2.75, 3.05) is 19.7 Å². The van der Waals surface area contributed by atoms with E-state index < -0.39 is 15.6 Å². The number of nitrogens with zero attached hydrogens (tertiary/aromatic N) is 1. The summed E-state index contributed by atoms with van der Waals surface area (Å²) in [6.07, 6.45) is 1.84. The standard InChI is InChI=1S/C23H24NO2.CHF3O3S/c1-2-26-23(25)21-14-9-17-24(18-21)22(20-12-7-4-8-13-20)16-15-19-10-5-3-6-11-19;2-1(3,4)8(5,6)7/h3-8,10-13,21H,2,9,14,17-18H2,1H3;(H,5,6,7)/q+1;/p-1. The first-order valence-electron chi connectivity index (χ1n) is 10.5. The number of carbonyl (C=O) groups is 1. The van der Waals surface area contributed by atoms with Crippen LogP contribution in [0.3, 0.4) is 0 Å². The smallest absolute Gasteiger partial charge is 0.485 e. The highest BCUT2D eigenvalue weighted by Crippen LogP contribution is 2.20. The van der Waals surface area contributed by atoms with E-state index in [-0.39, 0.29) is 11.9 Å². The van der Waals surface area contributed by atoms with Crippen molar-refractivity contribution < 1.29 is 40.2 Å². The van der Waals surface area contributed by atoms with Crippen molar-refractivity contribution in [3.05, 3.63) is 71.8 Å². The van der Waals surface area contributed by atoms with Crippen LogP contribution in [0.5, 0.6) is 0 Å². The average Bonchev–Trinajstić information content (AvgIpc) is 2.80. The van der Waals surface area contributed by atoms with Gasteiger partial charge in [-0.05, 0) is 37.6 Å². The Bertz CT molecular complexity index is 1150. The first-order chi connectivity index (χ1) is 16.0. The summed E-state index contributed by atoms with van der Waals surface area (Å²) in [6, 6.07) is 20.2. The lowest BCUT2D eigenvalue weighted by Crippen LogP contribution is -2.37. The van der Waals surface area contributed by atoms with Crippen molar-refractivity contribution in [1.82, 2.24) is 0 Å². The molecule has 0 bridgehead atoms. The van der Waals surface area contributed by atoms with Crippen LogP contribution in [0, 0.1) is 17.8 Å². The molecule has 1 aliphatic heterocycles. The van der Waals surface area contributed by atoms with Crippen molar-refractivity contribution in [2.45, 2.75) is 25.3 Å². The van der Waals surface area contributed by atoms with Gasteiger partial charge in [-0.1, -0.05) is 42.3 Å². The first-order valence-corrected chi connectivity index (χ1v) is 11.9. The topological polar surface area (TPSA) is 86.5 Å². The van der Waals surface area contributed by atoms with Crippen LogP contribution in [-0.4, -0.2) is 54.4 Å². The van der Waals surface area contributed by atoms with E-state index in [2.05, 4.69) is 28.5 Å². The lowest BCUT2D eigenvalue weighted by molar-refractivity contribution is -0.541. The molecule has 10 heteroatoms. The molecule has 0 spiro atoms. The molecule has 1 heterocycles. The Morgan fingerprint density at radius 2 is 1.68 bits per heavy atom. The Hall–Kier alpha value is -3.16. The number of halogens is 3. The summed E-state index contributed by atoms with van der Waals surface area (Å²) in [4.78, 5) is 12.2. The third-order valence-electron chi connectivity index (χ3n) is 4.79. The lowest BCUT2D eigenvalue weighted by atomic mass is 9.98. The molecular weight excluding hydrogens is 471 g/mol. The minimum absolute atomic E-state index is 0.0825. The van der Waals surface area contributed by atoms with Crippen molar-refractivity contribution in [2.24, 2.45) is 5.92 Å². The second-order valence-corrected chi connectivity index (χ2v) is 8.64. The summed E-state index contributed by atoms with van der Waals surface area (Å²) in [5, 5.41) is 0. The van der Waals surface area contributed by atoms with Crippen LogP contribution in [0.1, 0.15) is 30.9 Å². The highest BCUT2D eigenvalue weighted by atomic mass is 32.2. The van der Waals surface area contributed by atoms with Gasteiger partial charge in [0, 0.05) is 17.9 Å². The Morgan fingerprint density at radius 3 is 2.21 bits per heavy atom. The number of alkyl halides is 3. The predicted octanol–water partition coefficient (Wildman–Crippen LogP) is 3.56. The number of benzene rings is 2. The maximum Gasteiger partial charge on any atom is 0.485 e. The molecule has 0 saturated carbocycles. The Morgan fingerprint density at radius 1 is 1.12 bits per heavy atom. The molecule has 1 fully saturated rings. The van der Waals surface area contributed by atoms with Crippen LogP contribution in [0.25, 0.3) is 0 Å². The molecule has 1 atom stereocenters. The maximum absolute atomic E-state index is 12.2. The molecule has 2 aromatic rings. The van der Waals surface area contributed by atoms with E-state index in [1.54, 1.807) is 0 Å². The molecule has 0 aliphatic carbocycles. The first kappa shape index (κ1) is 27.1. The number of carbonyl (C=O) groups excluding carboxylic acids is 1. The van der Waals surface area contributed by atoms with Gasteiger partial charge in [-0.2, -0.15) is 13.2 Å². The third kappa shape index (κ3) is 8.32. The molecule has 0 radical (unpaired) electrons. The zero-order chi connectivity index (χ0) is 25.2. The van der Waals surface area contributed by atoms with Crippen LogP contribution in [0.2, 0.25) is 0 Å². The largest absolute Gasteiger partial charge is 0.741 e. The molecule has 1 saturated heterocycles. The van der Waals surface area contributed by atoms with E-state index in [1.165, 1.54) is 0 Å². The second kappa shape index (κ2) is 12.3. The molecule has 182 valence electrons. The van der Waals surface area contributed by atoms with Gasteiger partial charge in [-0.15, -0.1) is 0 Å². The zero-order valence-electron chi connectivity index (χ0n) is 18.4. The monoisotopic (exact) mass is 495 g/mol. The molecule has 6 nitrogen and oxygen atoms in total. The Labute approximate surface area is 196 Å². The fourth-order valence-corrected chi connectivity index (χ4v) is 3.22. The van der Waals surface area contributed by atoms with E-state index in [0.29, 0.717) is 13.2 Å². The minimum atomic E-state index is -6.09. The molecule has 2 aromatic carbocycles.